The molecule has 0 bridgehead atoms. The van der Waals surface area contributed by atoms with Crippen molar-refractivity contribution < 1.29 is 89.4 Å². The lowest BCUT2D eigenvalue weighted by molar-refractivity contribution is -0.379. The Hall–Kier alpha value is -3.81. The summed E-state index contributed by atoms with van der Waals surface area (Å²) in [5.41, 5.74) is 0. The molecule has 0 spiro atoms. The van der Waals surface area contributed by atoms with Crippen molar-refractivity contribution in [3.05, 3.63) is 122 Å². The van der Waals surface area contributed by atoms with Crippen molar-refractivity contribution in [1.82, 2.24) is 5.32 Å². The molecule has 0 aromatic carbocycles. The molecule has 19 nitrogen and oxygen atoms in total. The average molecular weight is 1460 g/mol. The summed E-state index contributed by atoms with van der Waals surface area (Å²) in [6, 6.07) is -0.995. The second-order valence-electron chi connectivity index (χ2n) is 28.1. The fourth-order valence-corrected chi connectivity index (χ4v) is 12.8. The number of aliphatic hydroxyl groups excluding tert-OH is 11. The van der Waals surface area contributed by atoms with Crippen LogP contribution >= 0.6 is 0 Å². The fourth-order valence-electron chi connectivity index (χ4n) is 12.8. The van der Waals surface area contributed by atoms with Crippen LogP contribution in [-0.2, 0) is 33.2 Å². The van der Waals surface area contributed by atoms with Gasteiger partial charge in [0.15, 0.2) is 18.9 Å². The first-order valence-corrected chi connectivity index (χ1v) is 40.3. The van der Waals surface area contributed by atoms with Gasteiger partial charge in [-0.3, -0.25) is 4.79 Å². The molecule has 17 unspecified atom stereocenters. The SMILES string of the molecule is CC/C=C\C/C=C\C/C=C\C/C=C\C/C=C\C/C=C\C/C=C\C/C=C\C/C=C\CCCCCCCC(=O)NC(COC1OC(CO)C(OC2OC(CO)C(OC3OC(CO)C(O)C(O)C3O)C(O)C2O)C(O)C1O)C(O)/C=C/CCCCCCCCCCCCCCCCCCCCCCCCC. The number of amides is 1. The van der Waals surface area contributed by atoms with Gasteiger partial charge in [-0.25, -0.2) is 0 Å². The Bertz CT molecular complexity index is 2330. The van der Waals surface area contributed by atoms with Crippen LogP contribution in [0.5, 0.6) is 0 Å². The summed E-state index contributed by atoms with van der Waals surface area (Å²) >= 11 is 0. The van der Waals surface area contributed by atoms with Crippen molar-refractivity contribution in [2.24, 2.45) is 0 Å². The van der Waals surface area contributed by atoms with Gasteiger partial charge in [-0.1, -0.05) is 296 Å². The molecular weight excluding hydrogens is 1310 g/mol. The Morgan fingerprint density at radius 1 is 0.359 bits per heavy atom. The third-order valence-electron chi connectivity index (χ3n) is 19.3. The van der Waals surface area contributed by atoms with Gasteiger partial charge in [-0.15, -0.1) is 0 Å². The molecule has 1 amide bonds. The van der Waals surface area contributed by atoms with Gasteiger partial charge in [0.05, 0.1) is 38.6 Å². The van der Waals surface area contributed by atoms with Crippen LogP contribution in [0.1, 0.15) is 271 Å². The van der Waals surface area contributed by atoms with Crippen molar-refractivity contribution in [2.45, 2.75) is 375 Å². The number of carbonyl (C=O) groups excluding carboxylic acids is 1. The Morgan fingerprint density at radius 3 is 1.05 bits per heavy atom. The van der Waals surface area contributed by atoms with Gasteiger partial charge in [0.1, 0.15) is 73.2 Å². The lowest BCUT2D eigenvalue weighted by atomic mass is 9.96. The van der Waals surface area contributed by atoms with Crippen LogP contribution in [0.3, 0.4) is 0 Å². The number of aliphatic hydroxyl groups is 11. The summed E-state index contributed by atoms with van der Waals surface area (Å²) in [5, 5.41) is 121. The third kappa shape index (κ3) is 43.1. The summed E-state index contributed by atoms with van der Waals surface area (Å²) in [6.07, 6.45) is 61.7. The smallest absolute Gasteiger partial charge is 0.220 e. The first-order valence-electron chi connectivity index (χ1n) is 40.3. The molecule has 0 radical (unpaired) electrons. The van der Waals surface area contributed by atoms with Gasteiger partial charge in [0.25, 0.3) is 0 Å². The number of ether oxygens (including phenoxy) is 6. The van der Waals surface area contributed by atoms with Crippen LogP contribution in [0.2, 0.25) is 0 Å². The summed E-state index contributed by atoms with van der Waals surface area (Å²) in [7, 11) is 0. The first kappa shape index (κ1) is 93.4. The summed E-state index contributed by atoms with van der Waals surface area (Å²) in [6.45, 7) is 1.62. The highest BCUT2D eigenvalue weighted by Gasteiger charge is 2.54. The second kappa shape index (κ2) is 63.2. The van der Waals surface area contributed by atoms with E-state index < -0.39 is 124 Å². The van der Waals surface area contributed by atoms with E-state index >= 15 is 0 Å². The van der Waals surface area contributed by atoms with Crippen molar-refractivity contribution in [1.29, 1.82) is 0 Å². The molecule has 3 rings (SSSR count). The lowest BCUT2D eigenvalue weighted by Gasteiger charge is -2.48. The highest BCUT2D eigenvalue weighted by Crippen LogP contribution is 2.33. The van der Waals surface area contributed by atoms with E-state index in [1.807, 2.05) is 6.08 Å². The van der Waals surface area contributed by atoms with E-state index in [0.29, 0.717) is 6.42 Å². The molecule has 103 heavy (non-hydrogen) atoms. The predicted molar refractivity (Wildman–Crippen MR) is 410 cm³/mol. The van der Waals surface area contributed by atoms with Crippen molar-refractivity contribution in [3.63, 3.8) is 0 Å². The Balaban J connectivity index is 1.40. The molecule has 0 aromatic rings. The van der Waals surface area contributed by atoms with Gasteiger partial charge in [0, 0.05) is 6.42 Å². The monoisotopic (exact) mass is 1450 g/mol. The average Bonchev–Trinajstić information content (AvgIpc) is 0.781. The largest absolute Gasteiger partial charge is 0.394 e. The molecular formula is C84H143NO18. The number of allylic oxidation sites excluding steroid dienone is 19. The molecule has 3 aliphatic rings. The third-order valence-corrected chi connectivity index (χ3v) is 19.3. The fraction of sp³-hybridized carbons (Fsp3) is 0.750. The summed E-state index contributed by atoms with van der Waals surface area (Å²) < 4.78 is 34.4. The highest BCUT2D eigenvalue weighted by molar-refractivity contribution is 5.76. The van der Waals surface area contributed by atoms with Crippen LogP contribution in [0.15, 0.2) is 122 Å². The number of carbonyl (C=O) groups is 1. The van der Waals surface area contributed by atoms with Crippen molar-refractivity contribution in [2.75, 3.05) is 26.4 Å². The molecule has 12 N–H and O–H groups in total. The summed E-state index contributed by atoms with van der Waals surface area (Å²) in [5.74, 6) is -0.297. The molecule has 0 saturated carbocycles. The number of hydrogen-bond donors (Lipinski definition) is 12. The van der Waals surface area contributed by atoms with E-state index in [4.69, 9.17) is 28.4 Å². The Morgan fingerprint density at radius 2 is 0.670 bits per heavy atom. The van der Waals surface area contributed by atoms with E-state index in [-0.39, 0.29) is 18.9 Å². The second-order valence-corrected chi connectivity index (χ2v) is 28.1. The van der Waals surface area contributed by atoms with E-state index in [0.717, 1.165) is 116 Å². The van der Waals surface area contributed by atoms with Crippen LogP contribution in [-0.4, -0.2) is 193 Å². The predicted octanol–water partition coefficient (Wildman–Crippen LogP) is 13.5. The number of nitrogens with one attached hydrogen (secondary N) is 1. The lowest BCUT2D eigenvalue weighted by Crippen LogP contribution is -2.66. The minimum atomic E-state index is -1.99. The molecule has 3 saturated heterocycles. The normalized spacial score (nSPS) is 26.7. The minimum absolute atomic E-state index is 0.213. The molecule has 0 aromatic heterocycles. The van der Waals surface area contributed by atoms with Crippen LogP contribution in [0, 0.1) is 0 Å². The number of hydrogen-bond acceptors (Lipinski definition) is 18. The van der Waals surface area contributed by atoms with Gasteiger partial charge in [0.2, 0.25) is 5.91 Å². The first-order chi connectivity index (χ1) is 50.3. The highest BCUT2D eigenvalue weighted by atomic mass is 16.8. The van der Waals surface area contributed by atoms with E-state index in [2.05, 4.69) is 129 Å². The molecule has 17 atom stereocenters. The zero-order chi connectivity index (χ0) is 74.6. The number of rotatable bonds is 62. The van der Waals surface area contributed by atoms with Gasteiger partial charge in [-0.2, -0.15) is 0 Å². The molecule has 592 valence electrons. The molecule has 0 aliphatic carbocycles. The van der Waals surface area contributed by atoms with Gasteiger partial charge >= 0.3 is 0 Å². The number of unbranched alkanes of at least 4 members (excludes halogenated alkanes) is 28. The van der Waals surface area contributed by atoms with Crippen molar-refractivity contribution >= 4 is 5.91 Å². The maximum Gasteiger partial charge on any atom is 0.220 e. The molecule has 3 aliphatic heterocycles. The van der Waals surface area contributed by atoms with Crippen LogP contribution in [0.4, 0.5) is 0 Å². The minimum Gasteiger partial charge on any atom is -0.394 e. The van der Waals surface area contributed by atoms with Crippen molar-refractivity contribution in [3.8, 4) is 0 Å². The van der Waals surface area contributed by atoms with Crippen LogP contribution in [0.25, 0.3) is 0 Å². The zero-order valence-electron chi connectivity index (χ0n) is 63.3. The van der Waals surface area contributed by atoms with E-state index in [1.54, 1.807) is 6.08 Å². The molecule has 19 heteroatoms. The van der Waals surface area contributed by atoms with E-state index in [1.165, 1.54) is 128 Å². The maximum atomic E-state index is 13.5. The molecule has 3 fully saturated rings. The Labute approximate surface area is 620 Å². The van der Waals surface area contributed by atoms with Gasteiger partial charge in [-0.05, 0) is 89.9 Å². The molecule has 3 heterocycles. The zero-order valence-corrected chi connectivity index (χ0v) is 63.3. The van der Waals surface area contributed by atoms with E-state index in [9.17, 15) is 61.0 Å². The van der Waals surface area contributed by atoms with Crippen LogP contribution < -0.4 is 5.32 Å². The summed E-state index contributed by atoms with van der Waals surface area (Å²) in [4.78, 5) is 13.5. The quantitative estimate of drug-likeness (QED) is 0.0199. The Kier molecular flexibility index (Phi) is 57.3. The topological polar surface area (TPSA) is 307 Å². The standard InChI is InChI=1S/C84H143NO18/c1-3-5-7-9-11-13-15-17-19-21-23-25-27-29-30-31-32-33-34-35-36-38-40-42-44-46-48-50-52-54-56-58-60-62-72(90)85-67(68(89)61-59-57-55-53-51-49-47-45-43-41-39-37-28-26-24-22-20-18-16-14-12-10-8-6-4-2)66-98-82-78(96)75(93)80(70(64-87)100-82)103-84-79(97)76(94)81(71(65-88)101-84)102-83-77(95)74(92)73(91)69(63-86)99-83/h5,7,11,13,17,19,23,25,29-30,32-33,35-36,40,42,46,48,59,61,67-71,73-84,86-89,91-97H,3-4,6,8-10,12,14-16,18,20-22,24,26-28,31,34,37-39,41,43-45,47,49-58,60,62-66H2,1-2H3,(H,85,90)/b7-5-,13-11-,19-17-,25-23-,30-29-,33-32-,36-35-,42-40-,48-46-,61-59+. The van der Waals surface area contributed by atoms with Gasteiger partial charge < -0.3 is 89.9 Å². The maximum absolute atomic E-state index is 13.5.